The Labute approximate surface area is 130 Å². The van der Waals surface area contributed by atoms with Crippen molar-refractivity contribution >= 4 is 28.9 Å². The van der Waals surface area contributed by atoms with Crippen LogP contribution in [-0.2, 0) is 14.3 Å². The van der Waals surface area contributed by atoms with Crippen molar-refractivity contribution < 1.29 is 23.5 Å². The standard InChI is InChI=1S/C16H13FO4S/c1-9-7-14(10-3-5-11(17)6-4-10)22-15(9)12(18)8-13(19)16(20)21-2/h3-7H,8H2,1-2H3. The molecule has 0 radical (unpaired) electrons. The summed E-state index contributed by atoms with van der Waals surface area (Å²) in [5, 5.41) is 0. The second kappa shape index (κ2) is 6.62. The van der Waals surface area contributed by atoms with Crippen LogP contribution in [0, 0.1) is 12.7 Å². The minimum Gasteiger partial charge on any atom is -0.463 e. The van der Waals surface area contributed by atoms with E-state index in [1.165, 1.54) is 23.5 Å². The number of carbonyl (C=O) groups excluding carboxylic acids is 3. The van der Waals surface area contributed by atoms with Crippen molar-refractivity contribution in [1.29, 1.82) is 0 Å². The number of methoxy groups -OCH3 is 1. The average molecular weight is 320 g/mol. The fourth-order valence-corrected chi connectivity index (χ4v) is 3.04. The van der Waals surface area contributed by atoms with E-state index in [2.05, 4.69) is 4.74 Å². The van der Waals surface area contributed by atoms with Gasteiger partial charge in [-0.15, -0.1) is 11.3 Å². The molecule has 22 heavy (non-hydrogen) atoms. The van der Waals surface area contributed by atoms with E-state index in [4.69, 9.17) is 0 Å². The summed E-state index contributed by atoms with van der Waals surface area (Å²) >= 11 is 1.21. The molecule has 114 valence electrons. The summed E-state index contributed by atoms with van der Waals surface area (Å²) in [5.74, 6) is -2.66. The molecule has 2 aromatic rings. The Hall–Kier alpha value is -2.34. The number of rotatable bonds is 5. The first-order chi connectivity index (χ1) is 10.4. The summed E-state index contributed by atoms with van der Waals surface area (Å²) in [5.41, 5.74) is 1.50. The summed E-state index contributed by atoms with van der Waals surface area (Å²) in [4.78, 5) is 35.8. The lowest BCUT2D eigenvalue weighted by molar-refractivity contribution is -0.151. The maximum absolute atomic E-state index is 12.9. The van der Waals surface area contributed by atoms with Crippen LogP contribution in [0.2, 0.25) is 0 Å². The maximum atomic E-state index is 12.9. The summed E-state index contributed by atoms with van der Waals surface area (Å²) < 4.78 is 17.2. The highest BCUT2D eigenvalue weighted by Crippen LogP contribution is 2.32. The number of aryl methyl sites for hydroxylation is 1. The Morgan fingerprint density at radius 3 is 2.41 bits per heavy atom. The second-order valence-corrected chi connectivity index (χ2v) is 5.70. The zero-order valence-electron chi connectivity index (χ0n) is 12.0. The van der Waals surface area contributed by atoms with Gasteiger partial charge in [-0.1, -0.05) is 12.1 Å². The highest BCUT2D eigenvalue weighted by atomic mass is 32.1. The Kier molecular flexibility index (Phi) is 4.82. The molecule has 2 rings (SSSR count). The van der Waals surface area contributed by atoms with E-state index in [9.17, 15) is 18.8 Å². The van der Waals surface area contributed by atoms with Crippen molar-refractivity contribution in [2.45, 2.75) is 13.3 Å². The third-order valence-corrected chi connectivity index (χ3v) is 4.36. The van der Waals surface area contributed by atoms with Gasteiger partial charge in [0, 0.05) is 4.88 Å². The lowest BCUT2D eigenvalue weighted by Gasteiger charge is -1.98. The normalized spacial score (nSPS) is 10.3. The van der Waals surface area contributed by atoms with Crippen molar-refractivity contribution in [3.05, 3.63) is 46.6 Å². The van der Waals surface area contributed by atoms with Crippen LogP contribution in [0.3, 0.4) is 0 Å². The maximum Gasteiger partial charge on any atom is 0.374 e. The predicted molar refractivity (Wildman–Crippen MR) is 80.4 cm³/mol. The minimum absolute atomic E-state index is 0.336. The van der Waals surface area contributed by atoms with Gasteiger partial charge in [0.05, 0.1) is 18.4 Å². The van der Waals surface area contributed by atoms with Crippen LogP contribution in [0.25, 0.3) is 10.4 Å². The molecule has 0 atom stereocenters. The zero-order chi connectivity index (χ0) is 16.3. The second-order valence-electron chi connectivity index (χ2n) is 4.64. The van der Waals surface area contributed by atoms with Gasteiger partial charge in [0.2, 0.25) is 5.78 Å². The Morgan fingerprint density at radius 1 is 1.18 bits per heavy atom. The van der Waals surface area contributed by atoms with Crippen LogP contribution in [0.4, 0.5) is 4.39 Å². The van der Waals surface area contributed by atoms with Gasteiger partial charge in [-0.3, -0.25) is 9.59 Å². The predicted octanol–water partition coefficient (Wildman–Crippen LogP) is 3.18. The van der Waals surface area contributed by atoms with Crippen LogP contribution in [0.5, 0.6) is 0 Å². The third kappa shape index (κ3) is 3.46. The molecule has 6 heteroatoms. The van der Waals surface area contributed by atoms with Gasteiger partial charge in [-0.05, 0) is 36.2 Å². The highest BCUT2D eigenvalue weighted by Gasteiger charge is 2.22. The number of hydrogen-bond donors (Lipinski definition) is 0. The molecule has 0 amide bonds. The molecule has 1 aromatic heterocycles. The van der Waals surface area contributed by atoms with Crippen molar-refractivity contribution in [3.8, 4) is 10.4 Å². The van der Waals surface area contributed by atoms with Gasteiger partial charge in [-0.25, -0.2) is 9.18 Å². The summed E-state index contributed by atoms with van der Waals surface area (Å²) in [7, 11) is 1.09. The number of ether oxygens (including phenoxy) is 1. The van der Waals surface area contributed by atoms with Gasteiger partial charge >= 0.3 is 5.97 Å². The number of halogens is 1. The minimum atomic E-state index is -1.03. The first-order valence-corrected chi connectivity index (χ1v) is 7.24. The summed E-state index contributed by atoms with van der Waals surface area (Å²) in [6.07, 6.45) is -0.517. The first kappa shape index (κ1) is 16.0. The van der Waals surface area contributed by atoms with Crippen LogP contribution in [0.1, 0.15) is 21.7 Å². The van der Waals surface area contributed by atoms with Crippen molar-refractivity contribution in [2.24, 2.45) is 0 Å². The van der Waals surface area contributed by atoms with Crippen molar-refractivity contribution in [2.75, 3.05) is 7.11 Å². The van der Waals surface area contributed by atoms with E-state index < -0.39 is 24.0 Å². The van der Waals surface area contributed by atoms with Crippen LogP contribution >= 0.6 is 11.3 Å². The van der Waals surface area contributed by atoms with E-state index in [0.717, 1.165) is 17.6 Å². The highest BCUT2D eigenvalue weighted by molar-refractivity contribution is 7.17. The Morgan fingerprint density at radius 2 is 1.82 bits per heavy atom. The number of Topliss-reactive ketones (excluding diaryl/α,β-unsaturated/α-hetero) is 2. The summed E-state index contributed by atoms with van der Waals surface area (Å²) in [6.45, 7) is 1.75. The molecule has 0 spiro atoms. The van der Waals surface area contributed by atoms with Crippen LogP contribution in [-0.4, -0.2) is 24.6 Å². The van der Waals surface area contributed by atoms with E-state index in [0.29, 0.717) is 10.4 Å². The lowest BCUT2D eigenvalue weighted by Crippen LogP contribution is -2.19. The Bertz CT molecular complexity index is 731. The quantitative estimate of drug-likeness (QED) is 0.367. The van der Waals surface area contributed by atoms with Crippen LogP contribution < -0.4 is 0 Å². The molecular formula is C16H13FO4S. The van der Waals surface area contributed by atoms with E-state index in [1.807, 2.05) is 0 Å². The third-order valence-electron chi connectivity index (χ3n) is 3.03. The first-order valence-electron chi connectivity index (χ1n) is 6.43. The SMILES string of the molecule is COC(=O)C(=O)CC(=O)c1sc(-c2ccc(F)cc2)cc1C. The molecule has 0 unspecified atom stereocenters. The molecule has 0 N–H and O–H groups in total. The molecule has 0 fully saturated rings. The number of hydrogen-bond acceptors (Lipinski definition) is 5. The monoisotopic (exact) mass is 320 g/mol. The molecule has 0 saturated heterocycles. The number of thiophene rings is 1. The van der Waals surface area contributed by atoms with Gasteiger partial charge < -0.3 is 4.74 Å². The summed E-state index contributed by atoms with van der Waals surface area (Å²) in [6, 6.07) is 7.72. The fraction of sp³-hybridized carbons (Fsp3) is 0.188. The zero-order valence-corrected chi connectivity index (χ0v) is 12.8. The number of ketones is 2. The molecule has 1 aromatic carbocycles. The van der Waals surface area contributed by atoms with Crippen molar-refractivity contribution in [3.63, 3.8) is 0 Å². The van der Waals surface area contributed by atoms with E-state index in [1.54, 1.807) is 25.1 Å². The molecule has 0 aliphatic heterocycles. The smallest absolute Gasteiger partial charge is 0.374 e. The average Bonchev–Trinajstić information content (AvgIpc) is 2.89. The number of benzene rings is 1. The number of esters is 1. The molecule has 0 aliphatic carbocycles. The molecular weight excluding hydrogens is 307 g/mol. The largest absolute Gasteiger partial charge is 0.463 e. The molecule has 0 bridgehead atoms. The van der Waals surface area contributed by atoms with Crippen molar-refractivity contribution in [1.82, 2.24) is 0 Å². The molecule has 0 saturated carbocycles. The van der Waals surface area contributed by atoms with Gasteiger partial charge in [-0.2, -0.15) is 0 Å². The molecule has 0 aliphatic rings. The lowest BCUT2D eigenvalue weighted by atomic mass is 10.1. The fourth-order valence-electron chi connectivity index (χ4n) is 1.93. The molecule has 1 heterocycles. The number of carbonyl (C=O) groups is 3. The van der Waals surface area contributed by atoms with Crippen LogP contribution in [0.15, 0.2) is 30.3 Å². The van der Waals surface area contributed by atoms with Gasteiger partial charge in [0.15, 0.2) is 5.78 Å². The Balaban J connectivity index is 2.22. The topological polar surface area (TPSA) is 60.4 Å². The van der Waals surface area contributed by atoms with E-state index in [-0.39, 0.29) is 5.82 Å². The van der Waals surface area contributed by atoms with Gasteiger partial charge in [0.25, 0.3) is 0 Å². The molecule has 4 nitrogen and oxygen atoms in total. The van der Waals surface area contributed by atoms with Gasteiger partial charge in [0.1, 0.15) is 5.82 Å². The van der Waals surface area contributed by atoms with E-state index >= 15 is 0 Å².